The Kier molecular flexibility index (Phi) is 2.03. The number of hydrogen-bond acceptors (Lipinski definition) is 4. The van der Waals surface area contributed by atoms with E-state index in [9.17, 15) is 0 Å². The lowest BCUT2D eigenvalue weighted by Crippen LogP contribution is -2.29. The molecule has 0 bridgehead atoms. The van der Waals surface area contributed by atoms with E-state index in [4.69, 9.17) is 5.73 Å². The highest BCUT2D eigenvalue weighted by Crippen LogP contribution is 2.51. The average molecular weight is 181 g/mol. The third-order valence-corrected chi connectivity index (χ3v) is 3.09. The minimum atomic E-state index is 0.295. The molecule has 5 nitrogen and oxygen atoms in total. The van der Waals surface area contributed by atoms with Gasteiger partial charge in [0.05, 0.1) is 0 Å². The summed E-state index contributed by atoms with van der Waals surface area (Å²) in [5.74, 6) is 0. The van der Waals surface area contributed by atoms with Gasteiger partial charge >= 0.3 is 0 Å². The molecule has 0 radical (unpaired) electrons. The van der Waals surface area contributed by atoms with Crippen LogP contribution in [0.1, 0.15) is 26.2 Å². The highest BCUT2D eigenvalue weighted by Gasteiger charge is 2.45. The van der Waals surface area contributed by atoms with Gasteiger partial charge < -0.3 is 5.73 Å². The van der Waals surface area contributed by atoms with E-state index in [-0.39, 0.29) is 0 Å². The van der Waals surface area contributed by atoms with Crippen LogP contribution in [0.5, 0.6) is 0 Å². The molecule has 0 saturated heterocycles. The molecule has 0 spiro atoms. The highest BCUT2D eigenvalue weighted by atomic mass is 15.5. The SMILES string of the molecule is CC(N)C1(CCn2cnnn2)CC1. The number of aryl methyl sites for hydroxylation is 1. The molecule has 5 heteroatoms. The summed E-state index contributed by atoms with van der Waals surface area (Å²) >= 11 is 0. The maximum absolute atomic E-state index is 5.91. The van der Waals surface area contributed by atoms with Gasteiger partial charge in [0.25, 0.3) is 0 Å². The number of aromatic nitrogens is 4. The summed E-state index contributed by atoms with van der Waals surface area (Å²) in [5, 5.41) is 11.0. The van der Waals surface area contributed by atoms with Crippen LogP contribution in [0.2, 0.25) is 0 Å². The lowest BCUT2D eigenvalue weighted by Gasteiger charge is -2.18. The Bertz CT molecular complexity index is 262. The molecule has 2 N–H and O–H groups in total. The van der Waals surface area contributed by atoms with Crippen molar-refractivity contribution in [2.24, 2.45) is 11.1 Å². The highest BCUT2D eigenvalue weighted by molar-refractivity contribution is 4.98. The molecular weight excluding hydrogens is 166 g/mol. The van der Waals surface area contributed by atoms with Crippen LogP contribution < -0.4 is 5.73 Å². The van der Waals surface area contributed by atoms with Crippen molar-refractivity contribution >= 4 is 0 Å². The normalized spacial score (nSPS) is 21.4. The fourth-order valence-corrected chi connectivity index (χ4v) is 1.71. The molecule has 0 amide bonds. The van der Waals surface area contributed by atoms with Crippen molar-refractivity contribution in [1.29, 1.82) is 0 Å². The van der Waals surface area contributed by atoms with E-state index < -0.39 is 0 Å². The first-order chi connectivity index (χ1) is 6.23. The smallest absolute Gasteiger partial charge is 0.138 e. The molecule has 1 atom stereocenters. The lowest BCUT2D eigenvalue weighted by molar-refractivity contribution is 0.353. The van der Waals surface area contributed by atoms with E-state index in [0.717, 1.165) is 13.0 Å². The molecule has 1 fully saturated rings. The van der Waals surface area contributed by atoms with Gasteiger partial charge in [-0.2, -0.15) is 0 Å². The fraction of sp³-hybridized carbons (Fsp3) is 0.875. The van der Waals surface area contributed by atoms with Gasteiger partial charge in [0, 0.05) is 12.6 Å². The van der Waals surface area contributed by atoms with Crippen LogP contribution >= 0.6 is 0 Å². The molecule has 1 aliphatic carbocycles. The summed E-state index contributed by atoms with van der Waals surface area (Å²) in [6.07, 6.45) is 5.26. The fourth-order valence-electron chi connectivity index (χ4n) is 1.71. The maximum Gasteiger partial charge on any atom is 0.138 e. The first kappa shape index (κ1) is 8.62. The van der Waals surface area contributed by atoms with Crippen LogP contribution in [0.4, 0.5) is 0 Å². The van der Waals surface area contributed by atoms with Crippen molar-refractivity contribution in [1.82, 2.24) is 20.2 Å². The van der Waals surface area contributed by atoms with Gasteiger partial charge in [-0.15, -0.1) is 5.10 Å². The van der Waals surface area contributed by atoms with Crippen molar-refractivity contribution in [3.05, 3.63) is 6.33 Å². The topological polar surface area (TPSA) is 69.6 Å². The minimum Gasteiger partial charge on any atom is -0.327 e. The van der Waals surface area contributed by atoms with Crippen molar-refractivity contribution in [3.8, 4) is 0 Å². The molecule has 1 heterocycles. The van der Waals surface area contributed by atoms with Crippen LogP contribution in [-0.2, 0) is 6.54 Å². The summed E-state index contributed by atoms with van der Waals surface area (Å²) in [4.78, 5) is 0. The Morgan fingerprint density at radius 3 is 2.85 bits per heavy atom. The second-order valence-corrected chi connectivity index (χ2v) is 3.97. The van der Waals surface area contributed by atoms with Crippen LogP contribution in [0.15, 0.2) is 6.33 Å². The van der Waals surface area contributed by atoms with Crippen molar-refractivity contribution in [3.63, 3.8) is 0 Å². The number of rotatable bonds is 4. The van der Waals surface area contributed by atoms with Gasteiger partial charge in [-0.25, -0.2) is 4.68 Å². The Morgan fingerprint density at radius 1 is 1.62 bits per heavy atom. The number of nitrogens with two attached hydrogens (primary N) is 1. The second kappa shape index (κ2) is 3.06. The van der Waals surface area contributed by atoms with Crippen molar-refractivity contribution in [2.45, 2.75) is 38.8 Å². The molecule has 1 aliphatic rings. The summed E-state index contributed by atoms with van der Waals surface area (Å²) in [7, 11) is 0. The van der Waals surface area contributed by atoms with E-state index in [1.165, 1.54) is 12.8 Å². The monoisotopic (exact) mass is 181 g/mol. The van der Waals surface area contributed by atoms with Crippen molar-refractivity contribution < 1.29 is 0 Å². The molecule has 2 rings (SSSR count). The van der Waals surface area contributed by atoms with E-state index in [2.05, 4.69) is 22.4 Å². The third-order valence-electron chi connectivity index (χ3n) is 3.09. The zero-order valence-electron chi connectivity index (χ0n) is 7.85. The Labute approximate surface area is 77.3 Å². The zero-order valence-corrected chi connectivity index (χ0v) is 7.85. The predicted molar refractivity (Wildman–Crippen MR) is 47.8 cm³/mol. The number of nitrogens with zero attached hydrogens (tertiary/aromatic N) is 4. The summed E-state index contributed by atoms with van der Waals surface area (Å²) < 4.78 is 1.77. The molecule has 72 valence electrons. The molecule has 0 aliphatic heterocycles. The molecule has 13 heavy (non-hydrogen) atoms. The van der Waals surface area contributed by atoms with Crippen molar-refractivity contribution in [2.75, 3.05) is 0 Å². The third kappa shape index (κ3) is 1.70. The van der Waals surface area contributed by atoms with Gasteiger partial charge in [0.2, 0.25) is 0 Å². The van der Waals surface area contributed by atoms with E-state index in [1.54, 1.807) is 11.0 Å². The zero-order chi connectivity index (χ0) is 9.31. The first-order valence-corrected chi connectivity index (χ1v) is 4.69. The Balaban J connectivity index is 1.86. The second-order valence-electron chi connectivity index (χ2n) is 3.97. The summed E-state index contributed by atoms with van der Waals surface area (Å²) in [6.45, 7) is 2.97. The van der Waals surface area contributed by atoms with Crippen LogP contribution in [0.3, 0.4) is 0 Å². The quantitative estimate of drug-likeness (QED) is 0.720. The largest absolute Gasteiger partial charge is 0.327 e. The first-order valence-electron chi connectivity index (χ1n) is 4.69. The average Bonchev–Trinajstić information content (AvgIpc) is 2.73. The molecular formula is C8H15N5. The van der Waals surface area contributed by atoms with Crippen LogP contribution in [0, 0.1) is 5.41 Å². The molecule has 1 unspecified atom stereocenters. The van der Waals surface area contributed by atoms with Gasteiger partial charge in [0.15, 0.2) is 0 Å². The minimum absolute atomic E-state index is 0.295. The van der Waals surface area contributed by atoms with E-state index in [1.807, 2.05) is 0 Å². The standard InChI is InChI=1S/C8H15N5/c1-7(9)8(2-3-8)4-5-13-6-10-11-12-13/h6-7H,2-5,9H2,1H3. The summed E-state index contributed by atoms with van der Waals surface area (Å²) in [5.41, 5.74) is 6.29. The Morgan fingerprint density at radius 2 is 2.38 bits per heavy atom. The van der Waals surface area contributed by atoms with Crippen LogP contribution in [-0.4, -0.2) is 26.2 Å². The molecule has 0 aromatic carbocycles. The van der Waals surface area contributed by atoms with Gasteiger partial charge in [0.1, 0.15) is 6.33 Å². The predicted octanol–water partition coefficient (Wildman–Crippen LogP) is 0.191. The van der Waals surface area contributed by atoms with E-state index >= 15 is 0 Å². The molecule has 1 aromatic heterocycles. The van der Waals surface area contributed by atoms with Gasteiger partial charge in [-0.3, -0.25) is 0 Å². The number of tetrazole rings is 1. The Hall–Kier alpha value is -0.970. The summed E-state index contributed by atoms with van der Waals surface area (Å²) in [6, 6.07) is 0.295. The lowest BCUT2D eigenvalue weighted by atomic mass is 9.95. The number of hydrogen-bond donors (Lipinski definition) is 1. The molecule has 1 saturated carbocycles. The van der Waals surface area contributed by atoms with Gasteiger partial charge in [-0.05, 0) is 42.0 Å². The van der Waals surface area contributed by atoms with E-state index in [0.29, 0.717) is 11.5 Å². The molecule has 1 aromatic rings. The van der Waals surface area contributed by atoms with Crippen LogP contribution in [0.25, 0.3) is 0 Å². The maximum atomic E-state index is 5.91. The van der Waals surface area contributed by atoms with Gasteiger partial charge in [-0.1, -0.05) is 0 Å².